The van der Waals surface area contributed by atoms with Crippen LogP contribution in [0.1, 0.15) is 38.3 Å². The van der Waals surface area contributed by atoms with Crippen molar-refractivity contribution in [1.29, 1.82) is 0 Å². The number of nitrogens with zero attached hydrogens (tertiary/aromatic N) is 1. The van der Waals surface area contributed by atoms with Crippen LogP contribution in [0.5, 0.6) is 0 Å². The standard InChI is InChI=1S/C17H27FN2O/c1-13(11-20-10-6-9-17(2,21)12-20)16(19-3)14-7-4-5-8-15(14)18/h4-5,7-8,13,16,19,21H,6,9-12H2,1-3H3. The van der Waals surface area contributed by atoms with Gasteiger partial charge in [-0.2, -0.15) is 0 Å². The molecule has 1 aromatic rings. The fraction of sp³-hybridized carbons (Fsp3) is 0.647. The Bertz CT molecular complexity index is 464. The van der Waals surface area contributed by atoms with Crippen LogP contribution in [0.4, 0.5) is 4.39 Å². The van der Waals surface area contributed by atoms with Crippen LogP contribution in [0, 0.1) is 11.7 Å². The molecule has 1 fully saturated rings. The number of hydrogen-bond donors (Lipinski definition) is 2. The minimum atomic E-state index is -0.592. The average Bonchev–Trinajstić information content (AvgIpc) is 2.40. The Balaban J connectivity index is 2.04. The highest BCUT2D eigenvalue weighted by atomic mass is 19.1. The fourth-order valence-electron chi connectivity index (χ4n) is 3.47. The first-order valence-electron chi connectivity index (χ1n) is 7.79. The number of likely N-dealkylation sites (tertiary alicyclic amines) is 1. The zero-order valence-electron chi connectivity index (χ0n) is 13.3. The quantitative estimate of drug-likeness (QED) is 0.876. The molecule has 1 heterocycles. The molecule has 0 saturated carbocycles. The van der Waals surface area contributed by atoms with Gasteiger partial charge in [-0.05, 0) is 45.3 Å². The van der Waals surface area contributed by atoms with Crippen LogP contribution >= 0.6 is 0 Å². The van der Waals surface area contributed by atoms with Crippen molar-refractivity contribution in [1.82, 2.24) is 10.2 Å². The van der Waals surface area contributed by atoms with E-state index in [4.69, 9.17) is 0 Å². The van der Waals surface area contributed by atoms with Crippen molar-refractivity contribution in [2.24, 2.45) is 5.92 Å². The number of hydrogen-bond acceptors (Lipinski definition) is 3. The summed E-state index contributed by atoms with van der Waals surface area (Å²) in [5.74, 6) is 0.107. The van der Waals surface area contributed by atoms with Gasteiger partial charge in [0.05, 0.1) is 5.60 Å². The highest BCUT2D eigenvalue weighted by molar-refractivity contribution is 5.21. The molecule has 2 rings (SSSR count). The highest BCUT2D eigenvalue weighted by Crippen LogP contribution is 2.27. The van der Waals surface area contributed by atoms with E-state index < -0.39 is 5.60 Å². The van der Waals surface area contributed by atoms with Crippen molar-refractivity contribution < 1.29 is 9.50 Å². The normalized spacial score (nSPS) is 26.5. The van der Waals surface area contributed by atoms with Gasteiger partial charge in [0, 0.05) is 24.7 Å². The van der Waals surface area contributed by atoms with Gasteiger partial charge in [-0.1, -0.05) is 25.1 Å². The number of nitrogens with one attached hydrogen (secondary N) is 1. The van der Waals surface area contributed by atoms with E-state index >= 15 is 0 Å². The van der Waals surface area contributed by atoms with Gasteiger partial charge in [0.1, 0.15) is 5.82 Å². The molecule has 0 amide bonds. The minimum Gasteiger partial charge on any atom is -0.389 e. The maximum Gasteiger partial charge on any atom is 0.127 e. The van der Waals surface area contributed by atoms with Crippen LogP contribution in [0.3, 0.4) is 0 Å². The van der Waals surface area contributed by atoms with Gasteiger partial charge in [-0.15, -0.1) is 0 Å². The smallest absolute Gasteiger partial charge is 0.127 e. The molecule has 0 aliphatic carbocycles. The van der Waals surface area contributed by atoms with E-state index in [1.54, 1.807) is 6.07 Å². The van der Waals surface area contributed by atoms with Gasteiger partial charge in [0.25, 0.3) is 0 Å². The van der Waals surface area contributed by atoms with Crippen LogP contribution in [-0.4, -0.2) is 42.3 Å². The highest BCUT2D eigenvalue weighted by Gasteiger charge is 2.30. The van der Waals surface area contributed by atoms with Crippen LogP contribution in [0.25, 0.3) is 0 Å². The summed E-state index contributed by atoms with van der Waals surface area (Å²) in [4.78, 5) is 2.29. The lowest BCUT2D eigenvalue weighted by Gasteiger charge is -2.39. The number of rotatable bonds is 5. The second-order valence-corrected chi connectivity index (χ2v) is 6.60. The summed E-state index contributed by atoms with van der Waals surface area (Å²) in [5, 5.41) is 13.4. The second-order valence-electron chi connectivity index (χ2n) is 6.60. The Labute approximate surface area is 127 Å². The molecule has 3 atom stereocenters. The van der Waals surface area contributed by atoms with E-state index in [2.05, 4.69) is 17.1 Å². The minimum absolute atomic E-state index is 0.0157. The zero-order valence-corrected chi connectivity index (χ0v) is 13.3. The van der Waals surface area contributed by atoms with E-state index in [0.717, 1.165) is 31.5 Å². The lowest BCUT2D eigenvalue weighted by Crippen LogP contribution is -2.48. The van der Waals surface area contributed by atoms with Crippen LogP contribution < -0.4 is 5.32 Å². The molecule has 21 heavy (non-hydrogen) atoms. The van der Waals surface area contributed by atoms with Crippen molar-refractivity contribution in [3.63, 3.8) is 0 Å². The monoisotopic (exact) mass is 294 g/mol. The summed E-state index contributed by atoms with van der Waals surface area (Å²) in [6.45, 7) is 6.60. The molecule has 118 valence electrons. The van der Waals surface area contributed by atoms with E-state index in [-0.39, 0.29) is 17.8 Å². The van der Waals surface area contributed by atoms with E-state index in [9.17, 15) is 9.50 Å². The molecule has 4 heteroatoms. The van der Waals surface area contributed by atoms with Gasteiger partial charge in [0.2, 0.25) is 0 Å². The second kappa shape index (κ2) is 6.86. The molecule has 0 aromatic heterocycles. The first-order chi connectivity index (χ1) is 9.93. The van der Waals surface area contributed by atoms with Gasteiger partial charge in [-0.3, -0.25) is 0 Å². The predicted octanol–water partition coefficient (Wildman–Crippen LogP) is 2.57. The third kappa shape index (κ3) is 4.25. The third-order valence-electron chi connectivity index (χ3n) is 4.42. The molecule has 3 nitrogen and oxygen atoms in total. The van der Waals surface area contributed by atoms with Gasteiger partial charge < -0.3 is 15.3 Å². The number of benzene rings is 1. The topological polar surface area (TPSA) is 35.5 Å². The number of aliphatic hydroxyl groups is 1. The Kier molecular flexibility index (Phi) is 5.36. The SMILES string of the molecule is CNC(c1ccccc1F)C(C)CN1CCCC(C)(O)C1. The van der Waals surface area contributed by atoms with Crippen molar-refractivity contribution in [2.45, 2.75) is 38.3 Å². The molecule has 2 N–H and O–H groups in total. The molecule has 1 saturated heterocycles. The summed E-state index contributed by atoms with van der Waals surface area (Å²) in [6, 6.07) is 6.94. The van der Waals surface area contributed by atoms with Crippen LogP contribution in [0.2, 0.25) is 0 Å². The first kappa shape index (κ1) is 16.4. The Morgan fingerprint density at radius 3 is 2.76 bits per heavy atom. The third-order valence-corrected chi connectivity index (χ3v) is 4.42. The fourth-order valence-corrected chi connectivity index (χ4v) is 3.47. The maximum atomic E-state index is 14.0. The van der Waals surface area contributed by atoms with Gasteiger partial charge >= 0.3 is 0 Å². The van der Waals surface area contributed by atoms with Crippen molar-refractivity contribution in [3.05, 3.63) is 35.6 Å². The Hall–Kier alpha value is -0.970. The lowest BCUT2D eigenvalue weighted by atomic mass is 9.91. The predicted molar refractivity (Wildman–Crippen MR) is 83.7 cm³/mol. The van der Waals surface area contributed by atoms with Gasteiger partial charge in [0.15, 0.2) is 0 Å². The largest absolute Gasteiger partial charge is 0.389 e. The van der Waals surface area contributed by atoms with E-state index in [1.807, 2.05) is 26.1 Å². The first-order valence-corrected chi connectivity index (χ1v) is 7.79. The molecule has 0 radical (unpaired) electrons. The van der Waals surface area contributed by atoms with Gasteiger partial charge in [-0.25, -0.2) is 4.39 Å². The number of piperidine rings is 1. The summed E-state index contributed by atoms with van der Waals surface area (Å²) in [7, 11) is 1.87. The van der Waals surface area contributed by atoms with E-state index in [1.165, 1.54) is 6.07 Å². The molecular weight excluding hydrogens is 267 g/mol. The zero-order chi connectivity index (χ0) is 15.5. The molecule has 1 aromatic carbocycles. The molecular formula is C17H27FN2O. The molecule has 1 aliphatic heterocycles. The molecule has 3 unspecified atom stereocenters. The van der Waals surface area contributed by atoms with Crippen molar-refractivity contribution >= 4 is 0 Å². The summed E-state index contributed by atoms with van der Waals surface area (Å²) in [5.41, 5.74) is 0.127. The number of halogens is 1. The van der Waals surface area contributed by atoms with Crippen molar-refractivity contribution in [2.75, 3.05) is 26.7 Å². The number of β-amino-alcohol motifs (C(OH)–C–C–N with tert-alkyl or cyclic N) is 1. The van der Waals surface area contributed by atoms with Crippen LogP contribution in [-0.2, 0) is 0 Å². The Morgan fingerprint density at radius 1 is 1.43 bits per heavy atom. The lowest BCUT2D eigenvalue weighted by molar-refractivity contribution is -0.0206. The Morgan fingerprint density at radius 2 is 2.14 bits per heavy atom. The molecule has 1 aliphatic rings. The maximum absolute atomic E-state index is 14.0. The average molecular weight is 294 g/mol. The molecule has 0 spiro atoms. The summed E-state index contributed by atoms with van der Waals surface area (Å²) in [6.07, 6.45) is 1.88. The summed E-state index contributed by atoms with van der Waals surface area (Å²) >= 11 is 0. The van der Waals surface area contributed by atoms with Crippen molar-refractivity contribution in [3.8, 4) is 0 Å². The van der Waals surface area contributed by atoms with Crippen LogP contribution in [0.15, 0.2) is 24.3 Å². The summed E-state index contributed by atoms with van der Waals surface area (Å²) < 4.78 is 14.0. The van der Waals surface area contributed by atoms with E-state index in [0.29, 0.717) is 6.54 Å². The molecule has 0 bridgehead atoms.